The van der Waals surface area contributed by atoms with E-state index >= 15 is 0 Å². The lowest BCUT2D eigenvalue weighted by atomic mass is 10.1. The second kappa shape index (κ2) is 9.62. The van der Waals surface area contributed by atoms with Gasteiger partial charge in [0.25, 0.3) is 5.91 Å². The number of nitrogens with zero attached hydrogens (tertiary/aromatic N) is 2. The van der Waals surface area contributed by atoms with Crippen molar-refractivity contribution in [1.29, 1.82) is 0 Å². The van der Waals surface area contributed by atoms with Crippen molar-refractivity contribution in [3.05, 3.63) is 89.7 Å². The third kappa shape index (κ3) is 5.22. The number of halogens is 1. The second-order valence-electron chi connectivity index (χ2n) is 7.60. The highest BCUT2D eigenvalue weighted by Crippen LogP contribution is 2.23. The molecule has 1 N–H and O–H groups in total. The molecule has 31 heavy (non-hydrogen) atoms. The highest BCUT2D eigenvalue weighted by atomic mass is 19.1. The van der Waals surface area contributed by atoms with Gasteiger partial charge in [0.2, 0.25) is 0 Å². The SMILES string of the molecule is CN(Cc1ccc(N2CCOCC2)cc1)C(=O)c1ccccc1Nc1ccc(F)cc1. The molecule has 160 valence electrons. The summed E-state index contributed by atoms with van der Waals surface area (Å²) in [6, 6.07) is 21.8. The highest BCUT2D eigenvalue weighted by molar-refractivity contribution is 6.00. The molecule has 5 nitrogen and oxygen atoms in total. The molecule has 1 saturated heterocycles. The fourth-order valence-electron chi connectivity index (χ4n) is 3.65. The van der Waals surface area contributed by atoms with Crippen molar-refractivity contribution in [2.45, 2.75) is 6.54 Å². The number of ether oxygens (including phenoxy) is 1. The van der Waals surface area contributed by atoms with E-state index < -0.39 is 0 Å². The average Bonchev–Trinajstić information content (AvgIpc) is 2.81. The Balaban J connectivity index is 1.44. The van der Waals surface area contributed by atoms with Gasteiger partial charge < -0.3 is 19.9 Å². The molecule has 4 rings (SSSR count). The number of hydrogen-bond donors (Lipinski definition) is 1. The van der Waals surface area contributed by atoms with Gasteiger partial charge in [0.05, 0.1) is 24.5 Å². The van der Waals surface area contributed by atoms with Crippen LogP contribution in [0.2, 0.25) is 0 Å². The number of benzene rings is 3. The van der Waals surface area contributed by atoms with Crippen molar-refractivity contribution in [3.8, 4) is 0 Å². The van der Waals surface area contributed by atoms with Crippen LogP contribution in [0.3, 0.4) is 0 Å². The van der Waals surface area contributed by atoms with Gasteiger partial charge in [0.15, 0.2) is 0 Å². The number of amides is 1. The molecule has 1 aliphatic rings. The number of carbonyl (C=O) groups is 1. The van der Waals surface area contributed by atoms with Crippen LogP contribution in [0.5, 0.6) is 0 Å². The van der Waals surface area contributed by atoms with Crippen LogP contribution in [-0.2, 0) is 11.3 Å². The van der Waals surface area contributed by atoms with E-state index in [1.807, 2.05) is 18.2 Å². The molecule has 0 spiro atoms. The molecule has 0 bridgehead atoms. The molecule has 3 aromatic rings. The zero-order chi connectivity index (χ0) is 21.6. The van der Waals surface area contributed by atoms with E-state index in [9.17, 15) is 9.18 Å². The fourth-order valence-corrected chi connectivity index (χ4v) is 3.65. The molecule has 0 aliphatic carbocycles. The predicted molar refractivity (Wildman–Crippen MR) is 121 cm³/mol. The Morgan fingerprint density at radius 3 is 2.39 bits per heavy atom. The van der Waals surface area contributed by atoms with E-state index in [0.717, 1.165) is 37.6 Å². The number of anilines is 3. The number of para-hydroxylation sites is 1. The van der Waals surface area contributed by atoms with E-state index in [1.165, 1.54) is 17.8 Å². The Kier molecular flexibility index (Phi) is 6.48. The van der Waals surface area contributed by atoms with Crippen molar-refractivity contribution in [2.24, 2.45) is 0 Å². The third-order valence-corrected chi connectivity index (χ3v) is 5.36. The van der Waals surface area contributed by atoms with Crippen molar-refractivity contribution >= 4 is 23.0 Å². The minimum Gasteiger partial charge on any atom is -0.378 e. The standard InChI is InChI=1S/C25H26FN3O2/c1-28(18-19-6-12-22(13-7-19)29-14-16-31-17-15-29)25(30)23-4-2-3-5-24(23)27-21-10-8-20(26)9-11-21/h2-13,27H,14-18H2,1H3. The first kappa shape index (κ1) is 20.9. The van der Waals surface area contributed by atoms with Gasteiger partial charge in [-0.2, -0.15) is 0 Å². The van der Waals surface area contributed by atoms with Crippen molar-refractivity contribution < 1.29 is 13.9 Å². The summed E-state index contributed by atoms with van der Waals surface area (Å²) in [6.45, 7) is 3.81. The van der Waals surface area contributed by atoms with Gasteiger partial charge in [-0.05, 0) is 54.1 Å². The molecule has 1 amide bonds. The lowest BCUT2D eigenvalue weighted by molar-refractivity contribution is 0.0786. The predicted octanol–water partition coefficient (Wildman–Crippen LogP) is 4.68. The first-order valence-corrected chi connectivity index (χ1v) is 10.4. The number of carbonyl (C=O) groups excluding carboxylic acids is 1. The maximum atomic E-state index is 13.2. The number of morpholine rings is 1. The second-order valence-corrected chi connectivity index (χ2v) is 7.60. The van der Waals surface area contributed by atoms with E-state index in [1.54, 1.807) is 30.1 Å². The molecule has 1 aliphatic heterocycles. The summed E-state index contributed by atoms with van der Waals surface area (Å²) in [5.74, 6) is -0.378. The molecule has 0 unspecified atom stereocenters. The Morgan fingerprint density at radius 1 is 1.00 bits per heavy atom. The summed E-state index contributed by atoms with van der Waals surface area (Å²) < 4.78 is 18.6. The van der Waals surface area contributed by atoms with E-state index in [4.69, 9.17) is 4.74 Å². The van der Waals surface area contributed by atoms with Crippen LogP contribution in [-0.4, -0.2) is 44.2 Å². The van der Waals surface area contributed by atoms with Crippen LogP contribution in [0, 0.1) is 5.82 Å². The Bertz CT molecular complexity index is 1020. The molecule has 1 fully saturated rings. The van der Waals surface area contributed by atoms with Crippen LogP contribution in [0.4, 0.5) is 21.5 Å². The Labute approximate surface area is 182 Å². The zero-order valence-electron chi connectivity index (χ0n) is 17.6. The third-order valence-electron chi connectivity index (χ3n) is 5.36. The normalized spacial score (nSPS) is 13.7. The van der Waals surface area contributed by atoms with Crippen LogP contribution in [0.1, 0.15) is 15.9 Å². The van der Waals surface area contributed by atoms with Gasteiger partial charge in [0, 0.05) is 38.1 Å². The number of nitrogens with one attached hydrogen (secondary N) is 1. The first-order chi connectivity index (χ1) is 15.1. The zero-order valence-corrected chi connectivity index (χ0v) is 17.6. The molecule has 1 heterocycles. The van der Waals surface area contributed by atoms with Crippen LogP contribution < -0.4 is 10.2 Å². The highest BCUT2D eigenvalue weighted by Gasteiger charge is 2.17. The van der Waals surface area contributed by atoms with E-state index in [0.29, 0.717) is 17.8 Å². The lowest BCUT2D eigenvalue weighted by Gasteiger charge is -2.29. The van der Waals surface area contributed by atoms with Crippen LogP contribution in [0.25, 0.3) is 0 Å². The quantitative estimate of drug-likeness (QED) is 0.630. The Morgan fingerprint density at radius 2 is 1.68 bits per heavy atom. The van der Waals surface area contributed by atoms with Gasteiger partial charge in [-0.1, -0.05) is 24.3 Å². The largest absolute Gasteiger partial charge is 0.378 e. The lowest BCUT2D eigenvalue weighted by Crippen LogP contribution is -2.36. The Hall–Kier alpha value is -3.38. The molecule has 0 atom stereocenters. The van der Waals surface area contributed by atoms with Gasteiger partial charge >= 0.3 is 0 Å². The summed E-state index contributed by atoms with van der Waals surface area (Å²) in [4.78, 5) is 17.1. The van der Waals surface area contributed by atoms with Gasteiger partial charge in [-0.15, -0.1) is 0 Å². The van der Waals surface area contributed by atoms with Gasteiger partial charge in [-0.3, -0.25) is 4.79 Å². The molecule has 0 aromatic heterocycles. The van der Waals surface area contributed by atoms with Crippen LogP contribution >= 0.6 is 0 Å². The molecule has 6 heteroatoms. The van der Waals surface area contributed by atoms with Gasteiger partial charge in [0.1, 0.15) is 5.82 Å². The van der Waals surface area contributed by atoms with Crippen molar-refractivity contribution in [1.82, 2.24) is 4.90 Å². The van der Waals surface area contributed by atoms with Gasteiger partial charge in [-0.25, -0.2) is 4.39 Å². The summed E-state index contributed by atoms with van der Waals surface area (Å²) in [7, 11) is 1.80. The number of hydrogen-bond acceptors (Lipinski definition) is 4. The first-order valence-electron chi connectivity index (χ1n) is 10.4. The fraction of sp³-hybridized carbons (Fsp3) is 0.240. The number of rotatable bonds is 6. The molecule has 0 radical (unpaired) electrons. The van der Waals surface area contributed by atoms with E-state index in [2.05, 4.69) is 34.5 Å². The molecule has 3 aromatic carbocycles. The molecular formula is C25H26FN3O2. The van der Waals surface area contributed by atoms with E-state index in [-0.39, 0.29) is 11.7 Å². The maximum absolute atomic E-state index is 13.2. The molecule has 0 saturated carbocycles. The summed E-state index contributed by atoms with van der Waals surface area (Å²) in [5, 5.41) is 3.21. The minimum absolute atomic E-state index is 0.0810. The minimum atomic E-state index is -0.297. The monoisotopic (exact) mass is 419 g/mol. The van der Waals surface area contributed by atoms with Crippen LogP contribution in [0.15, 0.2) is 72.8 Å². The topological polar surface area (TPSA) is 44.8 Å². The smallest absolute Gasteiger partial charge is 0.256 e. The summed E-state index contributed by atoms with van der Waals surface area (Å²) in [5.41, 5.74) is 4.22. The summed E-state index contributed by atoms with van der Waals surface area (Å²) >= 11 is 0. The maximum Gasteiger partial charge on any atom is 0.256 e. The summed E-state index contributed by atoms with van der Waals surface area (Å²) in [6.07, 6.45) is 0. The average molecular weight is 420 g/mol. The van der Waals surface area contributed by atoms with Crippen molar-refractivity contribution in [3.63, 3.8) is 0 Å². The van der Waals surface area contributed by atoms with Crippen molar-refractivity contribution in [2.75, 3.05) is 43.6 Å². The molecular weight excluding hydrogens is 393 g/mol.